The van der Waals surface area contributed by atoms with Crippen molar-refractivity contribution in [3.05, 3.63) is 21.9 Å². The van der Waals surface area contributed by atoms with Crippen molar-refractivity contribution >= 4 is 5.95 Å². The molecule has 13 heavy (non-hydrogen) atoms. The van der Waals surface area contributed by atoms with E-state index in [-0.39, 0.29) is 5.69 Å². The average molecular weight is 183 g/mol. The largest absolute Gasteiger partial charge is 0.353 e. The Balaban J connectivity index is 2.31. The molecule has 1 aromatic rings. The molecule has 0 unspecified atom stereocenters. The van der Waals surface area contributed by atoms with Crippen LogP contribution in [0, 0.1) is 12.7 Å². The van der Waals surface area contributed by atoms with E-state index in [2.05, 4.69) is 15.3 Å². The number of hydrogen-bond donors (Lipinski definition) is 2. The van der Waals surface area contributed by atoms with E-state index in [4.69, 9.17) is 0 Å². The van der Waals surface area contributed by atoms with E-state index in [0.717, 1.165) is 12.8 Å². The van der Waals surface area contributed by atoms with Crippen molar-refractivity contribution in [3.63, 3.8) is 0 Å². The number of rotatable bonds is 2. The maximum absolute atomic E-state index is 12.8. The first-order chi connectivity index (χ1) is 6.16. The van der Waals surface area contributed by atoms with Crippen LogP contribution in [0.4, 0.5) is 10.3 Å². The van der Waals surface area contributed by atoms with E-state index in [9.17, 15) is 9.18 Å². The summed E-state index contributed by atoms with van der Waals surface area (Å²) < 4.78 is 12.8. The monoisotopic (exact) mass is 183 g/mol. The fraction of sp³-hybridized carbons (Fsp3) is 0.500. The molecular weight excluding hydrogens is 173 g/mol. The fourth-order valence-electron chi connectivity index (χ4n) is 1.06. The zero-order chi connectivity index (χ0) is 9.42. The van der Waals surface area contributed by atoms with Gasteiger partial charge in [-0.1, -0.05) is 0 Å². The summed E-state index contributed by atoms with van der Waals surface area (Å²) in [5.41, 5.74) is -0.581. The molecule has 0 saturated heterocycles. The molecule has 1 fully saturated rings. The van der Waals surface area contributed by atoms with Gasteiger partial charge in [0.25, 0.3) is 5.56 Å². The van der Waals surface area contributed by atoms with E-state index >= 15 is 0 Å². The maximum atomic E-state index is 12.8. The van der Waals surface area contributed by atoms with Gasteiger partial charge in [-0.15, -0.1) is 0 Å². The minimum Gasteiger partial charge on any atom is -0.353 e. The lowest BCUT2D eigenvalue weighted by molar-refractivity contribution is 0.589. The predicted molar refractivity (Wildman–Crippen MR) is 46.2 cm³/mol. The van der Waals surface area contributed by atoms with Crippen LogP contribution in [-0.2, 0) is 0 Å². The number of hydrogen-bond acceptors (Lipinski definition) is 3. The zero-order valence-electron chi connectivity index (χ0n) is 7.22. The number of nitrogens with one attached hydrogen (secondary N) is 2. The van der Waals surface area contributed by atoms with Crippen LogP contribution in [0.3, 0.4) is 0 Å². The standard InChI is InChI=1S/C8H10FN3O/c1-4-6(9)7(13)12-8(10-4)11-5-2-3-5/h5H,2-3H2,1H3,(H2,10,11,12,13). The Bertz CT molecular complexity index is 383. The van der Waals surface area contributed by atoms with Gasteiger partial charge >= 0.3 is 0 Å². The fourth-order valence-corrected chi connectivity index (χ4v) is 1.06. The van der Waals surface area contributed by atoms with Crippen LogP contribution < -0.4 is 10.9 Å². The van der Waals surface area contributed by atoms with Gasteiger partial charge in [-0.2, -0.15) is 4.39 Å². The third-order valence-electron chi connectivity index (χ3n) is 1.95. The lowest BCUT2D eigenvalue weighted by Crippen LogP contribution is -2.18. The molecule has 0 radical (unpaired) electrons. The summed E-state index contributed by atoms with van der Waals surface area (Å²) in [6.45, 7) is 1.47. The minimum atomic E-state index is -0.804. The minimum absolute atomic E-state index is 0.131. The van der Waals surface area contributed by atoms with Crippen LogP contribution in [-0.4, -0.2) is 16.0 Å². The van der Waals surface area contributed by atoms with Crippen molar-refractivity contribution < 1.29 is 4.39 Å². The quantitative estimate of drug-likeness (QED) is 0.712. The molecule has 70 valence electrons. The summed E-state index contributed by atoms with van der Waals surface area (Å²) >= 11 is 0. The molecule has 0 amide bonds. The Morgan fingerprint density at radius 3 is 2.85 bits per heavy atom. The molecule has 2 rings (SSSR count). The van der Waals surface area contributed by atoms with Gasteiger partial charge in [-0.25, -0.2) is 4.98 Å². The summed E-state index contributed by atoms with van der Waals surface area (Å²) in [6, 6.07) is 0.396. The number of H-pyrrole nitrogens is 1. The predicted octanol–water partition coefficient (Wildman–Crippen LogP) is 0.792. The molecule has 0 atom stereocenters. The third-order valence-corrected chi connectivity index (χ3v) is 1.95. The maximum Gasteiger partial charge on any atom is 0.288 e. The molecule has 1 aromatic heterocycles. The smallest absolute Gasteiger partial charge is 0.288 e. The Hall–Kier alpha value is -1.39. The van der Waals surface area contributed by atoms with Crippen molar-refractivity contribution in [2.75, 3.05) is 5.32 Å². The summed E-state index contributed by atoms with van der Waals surface area (Å²) in [5.74, 6) is -0.437. The molecule has 2 N–H and O–H groups in total. The highest BCUT2D eigenvalue weighted by Gasteiger charge is 2.22. The number of nitrogens with zero attached hydrogens (tertiary/aromatic N) is 1. The normalized spacial score (nSPS) is 15.8. The molecule has 0 bridgehead atoms. The van der Waals surface area contributed by atoms with Gasteiger partial charge < -0.3 is 5.32 Å². The van der Waals surface area contributed by atoms with Crippen molar-refractivity contribution in [3.8, 4) is 0 Å². The number of aromatic amines is 1. The van der Waals surface area contributed by atoms with Gasteiger partial charge in [0.05, 0.1) is 5.69 Å². The van der Waals surface area contributed by atoms with Crippen molar-refractivity contribution in [1.29, 1.82) is 0 Å². The van der Waals surface area contributed by atoms with Gasteiger partial charge in [0, 0.05) is 6.04 Å². The van der Waals surface area contributed by atoms with Crippen LogP contribution in [0.2, 0.25) is 0 Å². The first-order valence-electron chi connectivity index (χ1n) is 4.20. The number of aryl methyl sites for hydroxylation is 1. The molecule has 1 saturated carbocycles. The second-order valence-electron chi connectivity index (χ2n) is 3.23. The first-order valence-corrected chi connectivity index (χ1v) is 4.20. The lowest BCUT2D eigenvalue weighted by Gasteiger charge is -2.03. The Kier molecular flexibility index (Phi) is 1.79. The van der Waals surface area contributed by atoms with Crippen LogP contribution in [0.25, 0.3) is 0 Å². The van der Waals surface area contributed by atoms with E-state index in [0.29, 0.717) is 12.0 Å². The highest BCUT2D eigenvalue weighted by atomic mass is 19.1. The Labute approximate surface area is 74.2 Å². The van der Waals surface area contributed by atoms with Crippen LogP contribution in [0.5, 0.6) is 0 Å². The molecule has 0 spiro atoms. The highest BCUT2D eigenvalue weighted by Crippen LogP contribution is 2.22. The summed E-state index contributed by atoms with van der Waals surface area (Å²) in [5, 5.41) is 2.99. The lowest BCUT2D eigenvalue weighted by atomic mass is 10.4. The van der Waals surface area contributed by atoms with E-state index < -0.39 is 11.4 Å². The van der Waals surface area contributed by atoms with E-state index in [1.807, 2.05) is 0 Å². The third kappa shape index (κ3) is 1.68. The summed E-state index contributed by atoms with van der Waals surface area (Å²) in [4.78, 5) is 17.2. The Morgan fingerprint density at radius 1 is 1.62 bits per heavy atom. The molecule has 4 nitrogen and oxygen atoms in total. The summed E-state index contributed by atoms with van der Waals surface area (Å²) in [6.07, 6.45) is 2.17. The van der Waals surface area contributed by atoms with Crippen LogP contribution in [0.1, 0.15) is 18.5 Å². The molecule has 1 aliphatic rings. The first kappa shape index (κ1) is 8.22. The SMILES string of the molecule is Cc1nc(NC2CC2)[nH]c(=O)c1F. The summed E-state index contributed by atoms with van der Waals surface area (Å²) in [7, 11) is 0. The van der Waals surface area contributed by atoms with Crippen LogP contribution >= 0.6 is 0 Å². The molecule has 1 aliphatic carbocycles. The van der Waals surface area contributed by atoms with Gasteiger partial charge in [-0.3, -0.25) is 9.78 Å². The number of halogens is 1. The number of aromatic nitrogens is 2. The van der Waals surface area contributed by atoms with Crippen molar-refractivity contribution in [1.82, 2.24) is 9.97 Å². The molecular formula is C8H10FN3O. The molecule has 1 heterocycles. The van der Waals surface area contributed by atoms with Crippen molar-refractivity contribution in [2.45, 2.75) is 25.8 Å². The van der Waals surface area contributed by atoms with Crippen molar-refractivity contribution in [2.24, 2.45) is 0 Å². The second kappa shape index (κ2) is 2.83. The molecule has 5 heteroatoms. The number of anilines is 1. The Morgan fingerprint density at radius 2 is 2.31 bits per heavy atom. The topological polar surface area (TPSA) is 57.8 Å². The van der Waals surface area contributed by atoms with E-state index in [1.54, 1.807) is 0 Å². The van der Waals surface area contributed by atoms with Crippen LogP contribution in [0.15, 0.2) is 4.79 Å². The molecule has 0 aromatic carbocycles. The zero-order valence-corrected chi connectivity index (χ0v) is 7.22. The highest BCUT2D eigenvalue weighted by molar-refractivity contribution is 5.28. The van der Waals surface area contributed by atoms with Gasteiger partial charge in [-0.05, 0) is 19.8 Å². The molecule has 0 aliphatic heterocycles. The van der Waals surface area contributed by atoms with E-state index in [1.165, 1.54) is 6.92 Å². The van der Waals surface area contributed by atoms with Gasteiger partial charge in [0.1, 0.15) is 0 Å². The van der Waals surface area contributed by atoms with Gasteiger partial charge in [0.15, 0.2) is 0 Å². The average Bonchev–Trinajstić information content (AvgIpc) is 2.84. The second-order valence-corrected chi connectivity index (χ2v) is 3.23. The van der Waals surface area contributed by atoms with Gasteiger partial charge in [0.2, 0.25) is 11.8 Å².